The maximum atomic E-state index is 7.96. The number of pyridine rings is 1. The molecule has 0 saturated carbocycles. The van der Waals surface area contributed by atoms with Crippen LogP contribution in [-0.4, -0.2) is 23.8 Å². The molecule has 1 saturated heterocycles. The lowest BCUT2D eigenvalue weighted by molar-refractivity contribution is 0.578. The summed E-state index contributed by atoms with van der Waals surface area (Å²) < 4.78 is 0. The number of nitrogens with zero attached hydrogens (tertiary/aromatic N) is 2. The molecule has 0 unspecified atom stereocenters. The summed E-state index contributed by atoms with van der Waals surface area (Å²) in [7, 11) is 0. The number of piperidine rings is 1. The van der Waals surface area contributed by atoms with Crippen LogP contribution in [0.2, 0.25) is 0 Å². The third kappa shape index (κ3) is 3.52. The molecule has 1 aromatic heterocycles. The predicted molar refractivity (Wildman–Crippen MR) is 97.3 cm³/mol. The lowest BCUT2D eigenvalue weighted by Gasteiger charge is -2.28. The summed E-state index contributed by atoms with van der Waals surface area (Å²) >= 11 is 0. The Kier molecular flexibility index (Phi) is 4.60. The van der Waals surface area contributed by atoms with Gasteiger partial charge < -0.3 is 15.6 Å². The number of aryl methyl sites for hydroxylation is 1. The average molecular weight is 308 g/mol. The SMILES string of the molecule is CC(=N)c1c(C)ccnc1Nc1ccc(N2CCCCC2)cc1. The molecule has 0 aliphatic carbocycles. The molecule has 120 valence electrons. The molecule has 1 aliphatic heterocycles. The molecular formula is C19H24N4. The molecule has 2 heterocycles. The highest BCUT2D eigenvalue weighted by molar-refractivity contribution is 6.02. The van der Waals surface area contributed by atoms with Crippen LogP contribution < -0.4 is 10.2 Å². The third-order valence-corrected chi connectivity index (χ3v) is 4.39. The Morgan fingerprint density at radius 3 is 2.43 bits per heavy atom. The molecule has 0 amide bonds. The van der Waals surface area contributed by atoms with Crippen LogP contribution in [-0.2, 0) is 0 Å². The van der Waals surface area contributed by atoms with E-state index in [0.29, 0.717) is 5.71 Å². The number of anilines is 3. The highest BCUT2D eigenvalue weighted by Gasteiger charge is 2.12. The van der Waals surface area contributed by atoms with Gasteiger partial charge in [0, 0.05) is 41.9 Å². The topological polar surface area (TPSA) is 52.0 Å². The van der Waals surface area contributed by atoms with Gasteiger partial charge in [-0.3, -0.25) is 0 Å². The fourth-order valence-electron chi connectivity index (χ4n) is 3.17. The Hall–Kier alpha value is -2.36. The first-order valence-electron chi connectivity index (χ1n) is 8.28. The van der Waals surface area contributed by atoms with Crippen LogP contribution >= 0.6 is 0 Å². The molecule has 23 heavy (non-hydrogen) atoms. The van der Waals surface area contributed by atoms with Crippen molar-refractivity contribution < 1.29 is 0 Å². The summed E-state index contributed by atoms with van der Waals surface area (Å²) in [5.41, 5.74) is 4.78. The molecule has 0 spiro atoms. The van der Waals surface area contributed by atoms with E-state index >= 15 is 0 Å². The minimum atomic E-state index is 0.531. The van der Waals surface area contributed by atoms with Crippen molar-refractivity contribution in [2.75, 3.05) is 23.3 Å². The molecule has 4 nitrogen and oxygen atoms in total. The van der Waals surface area contributed by atoms with Crippen molar-refractivity contribution in [2.45, 2.75) is 33.1 Å². The van der Waals surface area contributed by atoms with Gasteiger partial charge in [0.15, 0.2) is 0 Å². The summed E-state index contributed by atoms with van der Waals surface area (Å²) in [6.07, 6.45) is 5.71. The first-order valence-corrected chi connectivity index (χ1v) is 8.28. The van der Waals surface area contributed by atoms with E-state index in [1.165, 1.54) is 24.9 Å². The van der Waals surface area contributed by atoms with Gasteiger partial charge in [-0.15, -0.1) is 0 Å². The fourth-order valence-corrected chi connectivity index (χ4v) is 3.17. The standard InChI is InChI=1S/C19H24N4/c1-14-10-11-21-19(18(14)15(2)20)22-16-6-8-17(9-7-16)23-12-4-3-5-13-23/h6-11,20H,3-5,12-13H2,1-2H3,(H,21,22). The van der Waals surface area contributed by atoms with Gasteiger partial charge in [-0.1, -0.05) is 0 Å². The summed E-state index contributed by atoms with van der Waals surface area (Å²) in [4.78, 5) is 6.86. The van der Waals surface area contributed by atoms with E-state index in [9.17, 15) is 0 Å². The van der Waals surface area contributed by atoms with Crippen molar-refractivity contribution in [3.63, 3.8) is 0 Å². The smallest absolute Gasteiger partial charge is 0.139 e. The average Bonchev–Trinajstić information content (AvgIpc) is 2.56. The number of aromatic nitrogens is 1. The van der Waals surface area contributed by atoms with E-state index in [0.717, 1.165) is 35.7 Å². The molecule has 3 rings (SSSR count). The van der Waals surface area contributed by atoms with Crippen molar-refractivity contribution >= 4 is 22.9 Å². The maximum Gasteiger partial charge on any atom is 0.139 e. The molecule has 2 N–H and O–H groups in total. The summed E-state index contributed by atoms with van der Waals surface area (Å²) in [6.45, 7) is 6.13. The molecule has 0 radical (unpaired) electrons. The third-order valence-electron chi connectivity index (χ3n) is 4.39. The molecule has 1 aromatic carbocycles. The molecule has 1 aliphatic rings. The van der Waals surface area contributed by atoms with E-state index in [4.69, 9.17) is 5.41 Å². The van der Waals surface area contributed by atoms with Crippen LogP contribution in [0.5, 0.6) is 0 Å². The van der Waals surface area contributed by atoms with Gasteiger partial charge in [0.1, 0.15) is 5.82 Å². The van der Waals surface area contributed by atoms with Crippen LogP contribution in [0.1, 0.15) is 37.3 Å². The minimum absolute atomic E-state index is 0.531. The number of hydrogen-bond donors (Lipinski definition) is 2. The van der Waals surface area contributed by atoms with E-state index < -0.39 is 0 Å². The van der Waals surface area contributed by atoms with E-state index in [2.05, 4.69) is 39.5 Å². The highest BCUT2D eigenvalue weighted by atomic mass is 15.1. The first-order chi connectivity index (χ1) is 11.1. The minimum Gasteiger partial charge on any atom is -0.372 e. The van der Waals surface area contributed by atoms with Gasteiger partial charge in [-0.05, 0) is 69.0 Å². The molecule has 1 fully saturated rings. The molecule has 0 bridgehead atoms. The molecule has 0 atom stereocenters. The zero-order chi connectivity index (χ0) is 16.2. The maximum absolute atomic E-state index is 7.96. The van der Waals surface area contributed by atoms with Crippen molar-refractivity contribution in [2.24, 2.45) is 0 Å². The molecular weight excluding hydrogens is 284 g/mol. The normalized spacial score (nSPS) is 14.6. The van der Waals surface area contributed by atoms with Crippen LogP contribution in [0, 0.1) is 12.3 Å². The predicted octanol–water partition coefficient (Wildman–Crippen LogP) is 4.51. The Labute approximate surface area is 138 Å². The zero-order valence-electron chi connectivity index (χ0n) is 13.9. The van der Waals surface area contributed by atoms with Gasteiger partial charge in [-0.2, -0.15) is 0 Å². The van der Waals surface area contributed by atoms with Gasteiger partial charge in [0.05, 0.1) is 0 Å². The van der Waals surface area contributed by atoms with E-state index in [1.807, 2.05) is 13.0 Å². The lowest BCUT2D eigenvalue weighted by atomic mass is 10.1. The van der Waals surface area contributed by atoms with Gasteiger partial charge in [0.25, 0.3) is 0 Å². The second-order valence-electron chi connectivity index (χ2n) is 6.20. The van der Waals surface area contributed by atoms with Crippen molar-refractivity contribution in [3.8, 4) is 0 Å². The second-order valence-corrected chi connectivity index (χ2v) is 6.20. The van der Waals surface area contributed by atoms with Gasteiger partial charge >= 0.3 is 0 Å². The number of hydrogen-bond acceptors (Lipinski definition) is 4. The number of benzene rings is 1. The van der Waals surface area contributed by atoms with Gasteiger partial charge in [0.2, 0.25) is 0 Å². The van der Waals surface area contributed by atoms with Crippen LogP contribution in [0.25, 0.3) is 0 Å². The van der Waals surface area contributed by atoms with Crippen molar-refractivity contribution in [1.29, 1.82) is 5.41 Å². The van der Waals surface area contributed by atoms with Crippen molar-refractivity contribution in [1.82, 2.24) is 4.98 Å². The highest BCUT2D eigenvalue weighted by Crippen LogP contribution is 2.25. The quantitative estimate of drug-likeness (QED) is 0.817. The number of rotatable bonds is 4. The lowest BCUT2D eigenvalue weighted by Crippen LogP contribution is -2.29. The van der Waals surface area contributed by atoms with Crippen LogP contribution in [0.15, 0.2) is 36.5 Å². The summed E-state index contributed by atoms with van der Waals surface area (Å²) in [6, 6.07) is 10.5. The fraction of sp³-hybridized carbons (Fsp3) is 0.368. The molecule has 2 aromatic rings. The van der Waals surface area contributed by atoms with E-state index in [1.54, 1.807) is 13.1 Å². The Morgan fingerprint density at radius 1 is 1.09 bits per heavy atom. The van der Waals surface area contributed by atoms with Gasteiger partial charge in [-0.25, -0.2) is 4.98 Å². The Bertz CT molecular complexity index is 685. The Balaban J connectivity index is 1.79. The molecule has 4 heteroatoms. The monoisotopic (exact) mass is 308 g/mol. The summed E-state index contributed by atoms with van der Waals surface area (Å²) in [5, 5.41) is 11.3. The summed E-state index contributed by atoms with van der Waals surface area (Å²) in [5.74, 6) is 0.753. The first kappa shape index (κ1) is 15.5. The van der Waals surface area contributed by atoms with E-state index in [-0.39, 0.29) is 0 Å². The van der Waals surface area contributed by atoms with Crippen LogP contribution in [0.4, 0.5) is 17.2 Å². The van der Waals surface area contributed by atoms with Crippen molar-refractivity contribution in [3.05, 3.63) is 47.7 Å². The largest absolute Gasteiger partial charge is 0.372 e. The zero-order valence-corrected chi connectivity index (χ0v) is 13.9. The Morgan fingerprint density at radius 2 is 1.78 bits per heavy atom. The van der Waals surface area contributed by atoms with Crippen LogP contribution in [0.3, 0.4) is 0 Å². The second kappa shape index (κ2) is 6.82. The number of nitrogens with one attached hydrogen (secondary N) is 2.